The van der Waals surface area contributed by atoms with E-state index in [1.807, 2.05) is 13.0 Å². The van der Waals surface area contributed by atoms with E-state index in [2.05, 4.69) is 15.6 Å². The van der Waals surface area contributed by atoms with Gasteiger partial charge in [-0.1, -0.05) is 13.0 Å². The molecule has 1 aliphatic heterocycles. The van der Waals surface area contributed by atoms with Gasteiger partial charge in [0.25, 0.3) is 0 Å². The van der Waals surface area contributed by atoms with Gasteiger partial charge in [-0.3, -0.25) is 14.7 Å². The average molecular weight is 386 g/mol. The van der Waals surface area contributed by atoms with Crippen molar-refractivity contribution in [1.82, 2.24) is 20.5 Å². The van der Waals surface area contributed by atoms with Crippen molar-refractivity contribution in [3.05, 3.63) is 30.1 Å². The Morgan fingerprint density at radius 1 is 1.41 bits per heavy atom. The first-order valence-corrected chi connectivity index (χ1v) is 9.51. The van der Waals surface area contributed by atoms with Gasteiger partial charge in [-0.25, -0.2) is 0 Å². The van der Waals surface area contributed by atoms with Crippen LogP contribution < -0.4 is 10.6 Å². The van der Waals surface area contributed by atoms with Crippen molar-refractivity contribution in [1.29, 1.82) is 0 Å². The summed E-state index contributed by atoms with van der Waals surface area (Å²) >= 11 is 0. The first kappa shape index (κ1) is 21.6. The number of rotatable bonds is 8. The summed E-state index contributed by atoms with van der Waals surface area (Å²) in [4.78, 5) is 18.7. The molecule has 1 aromatic heterocycles. The standard InChI is InChI=1S/C19H29F3N4O/c1-3-26(14(2)11-19(20,21)22)17(16-6-9-23-10-7-16)18(27)25-13-15-5-4-8-24-12-15/h4-5,8,12,14,16-17,23H,3,6-7,9-11,13H2,1-2H3,(H,25,27). The molecule has 2 unspecified atom stereocenters. The summed E-state index contributed by atoms with van der Waals surface area (Å²) < 4.78 is 38.8. The molecular weight excluding hydrogens is 357 g/mol. The van der Waals surface area contributed by atoms with Gasteiger partial charge in [0.1, 0.15) is 0 Å². The van der Waals surface area contributed by atoms with E-state index in [-0.39, 0.29) is 11.8 Å². The number of carbonyl (C=O) groups excluding carboxylic acids is 1. The largest absolute Gasteiger partial charge is 0.390 e. The molecule has 152 valence electrons. The summed E-state index contributed by atoms with van der Waals surface area (Å²) in [6, 6.07) is 2.33. The quantitative estimate of drug-likeness (QED) is 0.721. The van der Waals surface area contributed by atoms with Crippen molar-refractivity contribution >= 4 is 5.91 Å². The number of piperidine rings is 1. The molecule has 2 N–H and O–H groups in total. The molecule has 2 heterocycles. The molecule has 0 spiro atoms. The van der Waals surface area contributed by atoms with E-state index in [0.29, 0.717) is 13.1 Å². The van der Waals surface area contributed by atoms with Gasteiger partial charge in [0, 0.05) is 25.0 Å². The minimum Gasteiger partial charge on any atom is -0.351 e. The number of likely N-dealkylation sites (N-methyl/N-ethyl adjacent to an activating group) is 1. The molecule has 0 radical (unpaired) electrons. The highest BCUT2D eigenvalue weighted by atomic mass is 19.4. The summed E-state index contributed by atoms with van der Waals surface area (Å²) in [5.74, 6) is -0.169. The van der Waals surface area contributed by atoms with Crippen molar-refractivity contribution in [2.45, 2.75) is 57.9 Å². The number of pyridine rings is 1. The lowest BCUT2D eigenvalue weighted by molar-refractivity contribution is -0.153. The van der Waals surface area contributed by atoms with E-state index in [1.165, 1.54) is 0 Å². The predicted molar refractivity (Wildman–Crippen MR) is 98.0 cm³/mol. The molecule has 1 saturated heterocycles. The normalized spacial score (nSPS) is 18.3. The van der Waals surface area contributed by atoms with Crippen LogP contribution in [0, 0.1) is 5.92 Å². The second kappa shape index (κ2) is 10.0. The maximum atomic E-state index is 13.0. The van der Waals surface area contributed by atoms with Crippen LogP contribution in [-0.2, 0) is 11.3 Å². The lowest BCUT2D eigenvalue weighted by atomic mass is 9.87. The Hall–Kier alpha value is -1.67. The Kier molecular flexibility index (Phi) is 8.04. The zero-order valence-electron chi connectivity index (χ0n) is 15.9. The molecule has 1 amide bonds. The van der Waals surface area contributed by atoms with Crippen LogP contribution in [0.5, 0.6) is 0 Å². The monoisotopic (exact) mass is 386 g/mol. The number of amides is 1. The van der Waals surface area contributed by atoms with Crippen molar-refractivity contribution < 1.29 is 18.0 Å². The number of hydrogen-bond donors (Lipinski definition) is 2. The van der Waals surface area contributed by atoms with E-state index < -0.39 is 24.7 Å². The van der Waals surface area contributed by atoms with Gasteiger partial charge in [-0.05, 0) is 56.9 Å². The molecule has 0 aromatic carbocycles. The molecule has 0 bridgehead atoms. The van der Waals surface area contributed by atoms with E-state index in [4.69, 9.17) is 0 Å². The second-order valence-corrected chi connectivity index (χ2v) is 7.11. The van der Waals surface area contributed by atoms with Gasteiger partial charge in [-0.2, -0.15) is 13.2 Å². The molecule has 1 aliphatic rings. The van der Waals surface area contributed by atoms with E-state index >= 15 is 0 Å². The average Bonchev–Trinajstić information content (AvgIpc) is 2.64. The smallest absolute Gasteiger partial charge is 0.351 e. The Morgan fingerprint density at radius 3 is 2.67 bits per heavy atom. The molecule has 0 saturated carbocycles. The number of aromatic nitrogens is 1. The van der Waals surface area contributed by atoms with Crippen LogP contribution in [0.25, 0.3) is 0 Å². The van der Waals surface area contributed by atoms with Crippen molar-refractivity contribution in [2.75, 3.05) is 19.6 Å². The van der Waals surface area contributed by atoms with Crippen molar-refractivity contribution in [3.63, 3.8) is 0 Å². The fraction of sp³-hybridized carbons (Fsp3) is 0.684. The van der Waals surface area contributed by atoms with Crippen LogP contribution in [0.15, 0.2) is 24.5 Å². The molecule has 5 nitrogen and oxygen atoms in total. The Labute approximate surface area is 158 Å². The number of nitrogens with zero attached hydrogens (tertiary/aromatic N) is 2. The lowest BCUT2D eigenvalue weighted by Gasteiger charge is -2.40. The highest BCUT2D eigenvalue weighted by molar-refractivity contribution is 5.82. The van der Waals surface area contributed by atoms with E-state index in [9.17, 15) is 18.0 Å². The number of nitrogens with one attached hydrogen (secondary N) is 2. The maximum Gasteiger partial charge on any atom is 0.390 e. The number of carbonyl (C=O) groups is 1. The van der Waals surface area contributed by atoms with Gasteiger partial charge in [0.2, 0.25) is 5.91 Å². The summed E-state index contributed by atoms with van der Waals surface area (Å²) in [5.41, 5.74) is 0.862. The van der Waals surface area contributed by atoms with Crippen LogP contribution in [0.2, 0.25) is 0 Å². The lowest BCUT2D eigenvalue weighted by Crippen LogP contribution is -2.56. The number of alkyl halides is 3. The molecule has 0 aliphatic carbocycles. The van der Waals surface area contributed by atoms with Gasteiger partial charge in [-0.15, -0.1) is 0 Å². The molecular formula is C19H29F3N4O. The van der Waals surface area contributed by atoms with Gasteiger partial charge < -0.3 is 10.6 Å². The Morgan fingerprint density at radius 2 is 2.11 bits per heavy atom. The molecule has 27 heavy (non-hydrogen) atoms. The van der Waals surface area contributed by atoms with Crippen LogP contribution in [0.3, 0.4) is 0 Å². The molecule has 1 fully saturated rings. The molecule has 2 atom stereocenters. The summed E-state index contributed by atoms with van der Waals surface area (Å²) in [6.07, 6.45) is -0.291. The highest BCUT2D eigenvalue weighted by Gasteiger charge is 2.39. The maximum absolute atomic E-state index is 13.0. The third-order valence-electron chi connectivity index (χ3n) is 5.10. The topological polar surface area (TPSA) is 57.3 Å². The van der Waals surface area contributed by atoms with Crippen molar-refractivity contribution in [2.24, 2.45) is 5.92 Å². The Bertz CT molecular complexity index is 576. The van der Waals surface area contributed by atoms with Crippen LogP contribution in [0.1, 0.15) is 38.7 Å². The third kappa shape index (κ3) is 6.77. The molecule has 1 aromatic rings. The second-order valence-electron chi connectivity index (χ2n) is 7.11. The summed E-state index contributed by atoms with van der Waals surface area (Å²) in [5, 5.41) is 6.16. The highest BCUT2D eigenvalue weighted by Crippen LogP contribution is 2.28. The number of hydrogen-bond acceptors (Lipinski definition) is 4. The zero-order chi connectivity index (χ0) is 19.9. The first-order valence-electron chi connectivity index (χ1n) is 9.51. The van der Waals surface area contributed by atoms with Gasteiger partial charge in [0.15, 0.2) is 0 Å². The zero-order valence-corrected chi connectivity index (χ0v) is 15.9. The first-order chi connectivity index (χ1) is 12.8. The third-order valence-corrected chi connectivity index (χ3v) is 5.10. The number of halogens is 3. The predicted octanol–water partition coefficient (Wildman–Crippen LogP) is 2.73. The fourth-order valence-corrected chi connectivity index (χ4v) is 3.83. The van der Waals surface area contributed by atoms with E-state index in [1.54, 1.807) is 30.3 Å². The fourth-order valence-electron chi connectivity index (χ4n) is 3.83. The van der Waals surface area contributed by atoms with Crippen molar-refractivity contribution in [3.8, 4) is 0 Å². The van der Waals surface area contributed by atoms with Crippen LogP contribution in [0.4, 0.5) is 13.2 Å². The van der Waals surface area contributed by atoms with Crippen LogP contribution in [-0.4, -0.2) is 53.7 Å². The van der Waals surface area contributed by atoms with Gasteiger partial charge in [0.05, 0.1) is 12.5 Å². The molecule has 2 rings (SSSR count). The Balaban J connectivity index is 2.14. The summed E-state index contributed by atoms with van der Waals surface area (Å²) in [7, 11) is 0. The summed E-state index contributed by atoms with van der Waals surface area (Å²) in [6.45, 7) is 5.64. The van der Waals surface area contributed by atoms with E-state index in [0.717, 1.165) is 31.5 Å². The molecule has 8 heteroatoms. The van der Waals surface area contributed by atoms with Crippen LogP contribution >= 0.6 is 0 Å². The SMILES string of the molecule is CCN(C(C)CC(F)(F)F)C(C(=O)NCc1cccnc1)C1CCNCC1. The minimum absolute atomic E-state index is 0.0378. The van der Waals surface area contributed by atoms with Gasteiger partial charge >= 0.3 is 6.18 Å². The minimum atomic E-state index is -4.25.